The Hall–Kier alpha value is -2.13. The molecule has 2 aromatic carbocycles. The molecule has 0 spiro atoms. The van der Waals surface area contributed by atoms with E-state index < -0.39 is 0 Å². The van der Waals surface area contributed by atoms with Gasteiger partial charge in [-0.1, -0.05) is 52.8 Å². The topological polar surface area (TPSA) is 46.5 Å². The molecule has 1 aliphatic rings. The molecule has 3 nitrogen and oxygen atoms in total. The summed E-state index contributed by atoms with van der Waals surface area (Å²) in [7, 11) is 0. The van der Waals surface area contributed by atoms with Crippen LogP contribution in [-0.4, -0.2) is 11.1 Å². The van der Waals surface area contributed by atoms with Gasteiger partial charge in [0.25, 0.3) is 0 Å². The third-order valence-electron chi connectivity index (χ3n) is 6.45. The molecule has 1 aliphatic carbocycles. The van der Waals surface area contributed by atoms with Crippen molar-refractivity contribution in [3.63, 3.8) is 0 Å². The van der Waals surface area contributed by atoms with Gasteiger partial charge in [-0.3, -0.25) is 0 Å². The molecule has 1 atom stereocenters. The number of rotatable bonds is 3. The van der Waals surface area contributed by atoms with Crippen LogP contribution < -0.4 is 4.74 Å². The maximum Gasteiger partial charge on any atom is 0.343 e. The highest BCUT2D eigenvalue weighted by atomic mass is 16.5. The summed E-state index contributed by atoms with van der Waals surface area (Å²) in [5.74, 6) is 0.705. The van der Waals surface area contributed by atoms with Crippen LogP contribution in [0.5, 0.6) is 5.75 Å². The van der Waals surface area contributed by atoms with Crippen LogP contribution in [0.1, 0.15) is 67.2 Å². The summed E-state index contributed by atoms with van der Waals surface area (Å²) in [5, 5.41) is 9.21. The first-order valence-electron chi connectivity index (χ1n) is 9.16. The zero-order valence-electron chi connectivity index (χ0n) is 16.5. The number of benzene rings is 2. The zero-order valence-corrected chi connectivity index (χ0v) is 16.5. The highest BCUT2D eigenvalue weighted by Gasteiger charge is 2.48. The molecule has 0 aliphatic heterocycles. The first-order valence-corrected chi connectivity index (χ1v) is 9.16. The number of ether oxygens (including phenoxy) is 1. The Morgan fingerprint density at radius 2 is 1.69 bits per heavy atom. The molecule has 0 bridgehead atoms. The normalized spacial score (nSPS) is 19.9. The van der Waals surface area contributed by atoms with Crippen molar-refractivity contribution in [2.75, 3.05) is 0 Å². The predicted molar refractivity (Wildman–Crippen MR) is 104 cm³/mol. The Morgan fingerprint density at radius 3 is 2.31 bits per heavy atom. The van der Waals surface area contributed by atoms with Crippen molar-refractivity contribution in [2.24, 2.45) is 5.92 Å². The van der Waals surface area contributed by atoms with E-state index in [1.165, 1.54) is 11.1 Å². The molecule has 26 heavy (non-hydrogen) atoms. The van der Waals surface area contributed by atoms with Gasteiger partial charge in [-0.25, -0.2) is 4.79 Å². The van der Waals surface area contributed by atoms with Gasteiger partial charge in [0.05, 0.1) is 12.2 Å². The zero-order chi connectivity index (χ0) is 19.3. The summed E-state index contributed by atoms with van der Waals surface area (Å²) in [6.45, 7) is 13.2. The number of aliphatic hydroxyl groups is 1. The lowest BCUT2D eigenvalue weighted by atomic mass is 9.71. The maximum absolute atomic E-state index is 12.6. The summed E-state index contributed by atoms with van der Waals surface area (Å²) in [4.78, 5) is 12.6. The summed E-state index contributed by atoms with van der Waals surface area (Å²) in [5.41, 5.74) is 4.83. The van der Waals surface area contributed by atoms with Crippen molar-refractivity contribution < 1.29 is 14.6 Å². The molecule has 3 heteroatoms. The van der Waals surface area contributed by atoms with Gasteiger partial charge in [0.2, 0.25) is 0 Å². The van der Waals surface area contributed by atoms with Crippen LogP contribution in [0, 0.1) is 12.8 Å². The van der Waals surface area contributed by atoms with Crippen LogP contribution in [0.4, 0.5) is 0 Å². The fraction of sp³-hybridized carbons (Fsp3) is 0.435. The Kier molecular flexibility index (Phi) is 4.48. The molecule has 0 saturated carbocycles. The molecule has 0 heterocycles. The second kappa shape index (κ2) is 6.24. The number of hydrogen-bond donors (Lipinski definition) is 1. The molecule has 138 valence electrons. The van der Waals surface area contributed by atoms with Crippen molar-refractivity contribution in [3.8, 4) is 5.75 Å². The van der Waals surface area contributed by atoms with Gasteiger partial charge in [0.15, 0.2) is 0 Å². The smallest absolute Gasteiger partial charge is 0.343 e. The molecule has 0 radical (unpaired) electrons. The SMILES string of the molecule is Cc1cc(CO)ccc1C(=O)Oc1ccc2c(c1)C(C)(C)C(C)C2(C)C. The number of carbonyl (C=O) groups is 1. The van der Waals surface area contributed by atoms with Crippen molar-refractivity contribution in [3.05, 3.63) is 64.2 Å². The summed E-state index contributed by atoms with van der Waals surface area (Å²) in [6.07, 6.45) is 0. The number of carbonyl (C=O) groups excluding carboxylic acids is 1. The predicted octanol–water partition coefficient (Wildman–Crippen LogP) is 4.91. The Balaban J connectivity index is 1.91. The van der Waals surface area contributed by atoms with Gasteiger partial charge in [-0.05, 0) is 64.1 Å². The monoisotopic (exact) mass is 352 g/mol. The highest BCUT2D eigenvalue weighted by molar-refractivity contribution is 5.92. The van der Waals surface area contributed by atoms with Crippen LogP contribution >= 0.6 is 0 Å². The van der Waals surface area contributed by atoms with Crippen molar-refractivity contribution >= 4 is 5.97 Å². The first kappa shape index (κ1) is 18.7. The standard InChI is InChI=1S/C23H28O3/c1-14-11-16(13-24)7-9-18(14)21(25)26-17-8-10-19-20(12-17)23(5,6)15(2)22(19,3)4/h7-12,15,24H,13H2,1-6H3. The molecular formula is C23H28O3. The number of aryl methyl sites for hydroxylation is 1. The summed E-state index contributed by atoms with van der Waals surface area (Å²) in [6, 6.07) is 11.3. The molecule has 0 saturated heterocycles. The fourth-order valence-corrected chi connectivity index (χ4v) is 4.27. The molecule has 1 unspecified atom stereocenters. The lowest BCUT2D eigenvalue weighted by Gasteiger charge is -2.32. The Bertz CT molecular complexity index is 862. The molecular weight excluding hydrogens is 324 g/mol. The number of aliphatic hydroxyl groups excluding tert-OH is 1. The van der Waals surface area contributed by atoms with E-state index >= 15 is 0 Å². The maximum atomic E-state index is 12.6. The van der Waals surface area contributed by atoms with E-state index in [1.54, 1.807) is 12.1 Å². The Labute approximate surface area is 156 Å². The van der Waals surface area contributed by atoms with Gasteiger partial charge < -0.3 is 9.84 Å². The minimum atomic E-state index is -0.366. The third-order valence-corrected chi connectivity index (χ3v) is 6.45. The van der Waals surface area contributed by atoms with Crippen LogP contribution in [0.15, 0.2) is 36.4 Å². The van der Waals surface area contributed by atoms with E-state index in [9.17, 15) is 9.90 Å². The average Bonchev–Trinajstić information content (AvgIpc) is 2.72. The highest BCUT2D eigenvalue weighted by Crippen LogP contribution is 2.54. The molecule has 0 amide bonds. The average molecular weight is 352 g/mol. The van der Waals surface area contributed by atoms with Crippen molar-refractivity contribution in [1.29, 1.82) is 0 Å². The first-order chi connectivity index (χ1) is 12.1. The molecule has 3 rings (SSSR count). The number of fused-ring (bicyclic) bond motifs is 1. The summed E-state index contributed by atoms with van der Waals surface area (Å²) >= 11 is 0. The second-order valence-corrected chi connectivity index (χ2v) is 8.57. The van der Waals surface area contributed by atoms with Gasteiger partial charge in [0.1, 0.15) is 5.75 Å². The number of hydrogen-bond acceptors (Lipinski definition) is 3. The van der Waals surface area contributed by atoms with E-state index in [0.29, 0.717) is 17.2 Å². The Morgan fingerprint density at radius 1 is 1.04 bits per heavy atom. The van der Waals surface area contributed by atoms with Crippen molar-refractivity contribution in [1.82, 2.24) is 0 Å². The largest absolute Gasteiger partial charge is 0.423 e. The second-order valence-electron chi connectivity index (χ2n) is 8.57. The molecule has 0 aromatic heterocycles. The van der Waals surface area contributed by atoms with E-state index in [1.807, 2.05) is 25.1 Å². The van der Waals surface area contributed by atoms with Crippen LogP contribution in [0.25, 0.3) is 0 Å². The van der Waals surface area contributed by atoms with Crippen LogP contribution in [0.3, 0.4) is 0 Å². The van der Waals surface area contributed by atoms with E-state index in [-0.39, 0.29) is 23.4 Å². The van der Waals surface area contributed by atoms with Crippen LogP contribution in [-0.2, 0) is 17.4 Å². The van der Waals surface area contributed by atoms with Crippen molar-refractivity contribution in [2.45, 2.75) is 59.0 Å². The minimum absolute atomic E-state index is 0.0277. The third kappa shape index (κ3) is 2.84. The fourth-order valence-electron chi connectivity index (χ4n) is 4.27. The van der Waals surface area contributed by atoms with E-state index in [0.717, 1.165) is 11.1 Å². The molecule has 1 N–H and O–H groups in total. The van der Waals surface area contributed by atoms with E-state index in [2.05, 4.69) is 40.7 Å². The van der Waals surface area contributed by atoms with Crippen LogP contribution in [0.2, 0.25) is 0 Å². The number of esters is 1. The van der Waals surface area contributed by atoms with Gasteiger partial charge in [-0.2, -0.15) is 0 Å². The summed E-state index contributed by atoms with van der Waals surface area (Å²) < 4.78 is 5.68. The quantitative estimate of drug-likeness (QED) is 0.630. The van der Waals surface area contributed by atoms with Gasteiger partial charge in [-0.15, -0.1) is 0 Å². The lowest BCUT2D eigenvalue weighted by Crippen LogP contribution is -2.30. The molecule has 2 aromatic rings. The molecule has 0 fully saturated rings. The lowest BCUT2D eigenvalue weighted by molar-refractivity contribution is 0.0733. The van der Waals surface area contributed by atoms with Gasteiger partial charge >= 0.3 is 5.97 Å². The van der Waals surface area contributed by atoms with E-state index in [4.69, 9.17) is 4.74 Å². The van der Waals surface area contributed by atoms with Gasteiger partial charge in [0, 0.05) is 0 Å². The minimum Gasteiger partial charge on any atom is -0.423 e.